The van der Waals surface area contributed by atoms with E-state index >= 15 is 0 Å². The van der Waals surface area contributed by atoms with Crippen molar-refractivity contribution in [3.8, 4) is 0 Å². The Balaban J connectivity index is 1.95. The molecule has 0 amide bonds. The molecule has 0 aromatic carbocycles. The minimum Gasteiger partial charge on any atom is -0.316 e. The van der Waals surface area contributed by atoms with Crippen LogP contribution in [0.4, 0.5) is 0 Å². The average Bonchev–Trinajstić information content (AvgIpc) is 2.69. The topological polar surface area (TPSA) is 15.3 Å². The summed E-state index contributed by atoms with van der Waals surface area (Å²) in [6.45, 7) is 15.9. The maximum absolute atomic E-state index is 3.58. The van der Waals surface area contributed by atoms with Crippen LogP contribution < -0.4 is 5.32 Å². The molecule has 2 aliphatic heterocycles. The zero-order chi connectivity index (χ0) is 13.2. The van der Waals surface area contributed by atoms with Gasteiger partial charge >= 0.3 is 0 Å². The van der Waals surface area contributed by atoms with Crippen LogP contribution in [0.1, 0.15) is 40.5 Å². The Morgan fingerprint density at radius 1 is 1.22 bits per heavy atom. The van der Waals surface area contributed by atoms with Crippen LogP contribution in [0.3, 0.4) is 0 Å². The van der Waals surface area contributed by atoms with E-state index < -0.39 is 0 Å². The Hall–Kier alpha value is 0.270. The first-order valence-electron chi connectivity index (χ1n) is 7.51. The van der Waals surface area contributed by atoms with E-state index in [9.17, 15) is 0 Å². The minimum absolute atomic E-state index is 0.480. The lowest BCUT2D eigenvalue weighted by Gasteiger charge is -2.38. The fourth-order valence-electron chi connectivity index (χ4n) is 3.24. The van der Waals surface area contributed by atoms with Gasteiger partial charge in [0.05, 0.1) is 0 Å². The third-order valence-electron chi connectivity index (χ3n) is 4.97. The molecule has 2 heterocycles. The molecule has 2 fully saturated rings. The van der Waals surface area contributed by atoms with Gasteiger partial charge in [0.25, 0.3) is 0 Å². The molecule has 0 aromatic rings. The molecule has 0 aliphatic carbocycles. The van der Waals surface area contributed by atoms with E-state index in [1.165, 1.54) is 51.3 Å². The van der Waals surface area contributed by atoms with Gasteiger partial charge in [-0.2, -0.15) is 11.8 Å². The van der Waals surface area contributed by atoms with Gasteiger partial charge in [-0.15, -0.1) is 0 Å². The second-order valence-corrected chi connectivity index (χ2v) is 8.88. The number of thioether (sulfide) groups is 1. The zero-order valence-electron chi connectivity index (χ0n) is 12.6. The summed E-state index contributed by atoms with van der Waals surface area (Å²) >= 11 is 2.15. The first-order valence-corrected chi connectivity index (χ1v) is 8.49. The molecule has 2 rings (SSSR count). The van der Waals surface area contributed by atoms with E-state index in [1.54, 1.807) is 0 Å². The third-order valence-corrected chi connectivity index (χ3v) is 6.34. The van der Waals surface area contributed by atoms with Crippen molar-refractivity contribution in [2.45, 2.75) is 45.3 Å². The van der Waals surface area contributed by atoms with Crippen LogP contribution in [-0.2, 0) is 0 Å². The van der Waals surface area contributed by atoms with Crippen LogP contribution in [0, 0.1) is 11.3 Å². The van der Waals surface area contributed by atoms with Crippen molar-refractivity contribution in [2.24, 2.45) is 11.3 Å². The second-order valence-electron chi connectivity index (χ2n) is 7.08. The van der Waals surface area contributed by atoms with Gasteiger partial charge in [-0.3, -0.25) is 0 Å². The van der Waals surface area contributed by atoms with Crippen LogP contribution in [0.5, 0.6) is 0 Å². The maximum Gasteiger partial charge on any atom is 0.0116 e. The molecule has 0 radical (unpaired) electrons. The number of hydrogen-bond donors (Lipinski definition) is 1. The Bertz CT molecular complexity index is 270. The molecule has 0 aromatic heterocycles. The highest BCUT2D eigenvalue weighted by molar-refractivity contribution is 8.00. The van der Waals surface area contributed by atoms with Gasteiger partial charge in [0.1, 0.15) is 0 Å². The Labute approximate surface area is 117 Å². The fourth-order valence-corrected chi connectivity index (χ4v) is 4.38. The van der Waals surface area contributed by atoms with Crippen LogP contribution in [0.25, 0.3) is 0 Å². The Morgan fingerprint density at radius 3 is 2.61 bits per heavy atom. The normalized spacial score (nSPS) is 33.8. The highest BCUT2D eigenvalue weighted by Gasteiger charge is 2.39. The predicted octanol–water partition coefficient (Wildman–Crippen LogP) is 2.84. The van der Waals surface area contributed by atoms with Gasteiger partial charge in [0, 0.05) is 30.1 Å². The third kappa shape index (κ3) is 3.43. The van der Waals surface area contributed by atoms with Gasteiger partial charge in [-0.25, -0.2) is 0 Å². The monoisotopic (exact) mass is 270 g/mol. The summed E-state index contributed by atoms with van der Waals surface area (Å²) in [5.74, 6) is 2.09. The first kappa shape index (κ1) is 14.7. The van der Waals surface area contributed by atoms with E-state index in [-0.39, 0.29) is 0 Å². The summed E-state index contributed by atoms with van der Waals surface area (Å²) in [6.07, 6.45) is 2.69. The molecular formula is C15H30N2S. The number of nitrogens with one attached hydrogen (secondary N) is 1. The van der Waals surface area contributed by atoms with Gasteiger partial charge < -0.3 is 10.2 Å². The van der Waals surface area contributed by atoms with Crippen molar-refractivity contribution < 1.29 is 0 Å². The smallest absolute Gasteiger partial charge is 0.0116 e. The molecule has 0 spiro atoms. The molecule has 106 valence electrons. The average molecular weight is 270 g/mol. The number of nitrogens with zero attached hydrogens (tertiary/aromatic N) is 1. The van der Waals surface area contributed by atoms with Crippen LogP contribution >= 0.6 is 11.8 Å². The summed E-state index contributed by atoms with van der Waals surface area (Å²) in [5.41, 5.74) is 0.527. The molecule has 0 saturated carbocycles. The standard InChI is InChI=1S/C15H30N2S/c1-13(2)15(5-7-16-11-15)12-17-8-6-14(3,4)18-10-9-17/h13,16H,5-12H2,1-4H3. The molecule has 0 bridgehead atoms. The maximum atomic E-state index is 3.58. The minimum atomic E-state index is 0.480. The van der Waals surface area contributed by atoms with Crippen molar-refractivity contribution >= 4 is 11.8 Å². The first-order chi connectivity index (χ1) is 8.44. The SMILES string of the molecule is CC(C)C1(CN2CCSC(C)(C)CC2)CCNC1. The Kier molecular flexibility index (Phi) is 4.66. The zero-order valence-corrected chi connectivity index (χ0v) is 13.4. The lowest BCUT2D eigenvalue weighted by Crippen LogP contribution is -2.43. The quantitative estimate of drug-likeness (QED) is 0.849. The second kappa shape index (κ2) is 5.72. The van der Waals surface area contributed by atoms with Crippen LogP contribution in [0.2, 0.25) is 0 Å². The lowest BCUT2D eigenvalue weighted by atomic mass is 9.76. The molecule has 1 unspecified atom stereocenters. The van der Waals surface area contributed by atoms with E-state index in [0.717, 1.165) is 5.92 Å². The predicted molar refractivity (Wildman–Crippen MR) is 82.4 cm³/mol. The molecule has 2 aliphatic rings. The summed E-state index contributed by atoms with van der Waals surface area (Å²) in [6, 6.07) is 0. The fraction of sp³-hybridized carbons (Fsp3) is 1.00. The molecule has 1 atom stereocenters. The largest absolute Gasteiger partial charge is 0.316 e. The van der Waals surface area contributed by atoms with Crippen molar-refractivity contribution in [2.75, 3.05) is 38.5 Å². The number of hydrogen-bond acceptors (Lipinski definition) is 3. The summed E-state index contributed by atoms with van der Waals surface area (Å²) in [5, 5.41) is 3.58. The van der Waals surface area contributed by atoms with Gasteiger partial charge in [0.2, 0.25) is 0 Å². The summed E-state index contributed by atoms with van der Waals surface area (Å²) in [7, 11) is 0. The highest BCUT2D eigenvalue weighted by Crippen LogP contribution is 2.37. The van der Waals surface area contributed by atoms with E-state index in [0.29, 0.717) is 10.2 Å². The van der Waals surface area contributed by atoms with E-state index in [4.69, 9.17) is 0 Å². The molecule has 1 N–H and O–H groups in total. The van der Waals surface area contributed by atoms with Gasteiger partial charge in [-0.1, -0.05) is 27.7 Å². The van der Waals surface area contributed by atoms with Crippen LogP contribution in [-0.4, -0.2) is 48.1 Å². The highest BCUT2D eigenvalue weighted by atomic mass is 32.2. The molecule has 2 saturated heterocycles. The summed E-state index contributed by atoms with van der Waals surface area (Å²) < 4.78 is 0.480. The van der Waals surface area contributed by atoms with Crippen molar-refractivity contribution in [3.05, 3.63) is 0 Å². The molecule has 3 heteroatoms. The van der Waals surface area contributed by atoms with Crippen molar-refractivity contribution in [1.82, 2.24) is 10.2 Å². The van der Waals surface area contributed by atoms with Crippen LogP contribution in [0.15, 0.2) is 0 Å². The van der Waals surface area contributed by atoms with E-state index in [2.05, 4.69) is 49.7 Å². The lowest BCUT2D eigenvalue weighted by molar-refractivity contribution is 0.121. The molecular weight excluding hydrogens is 240 g/mol. The number of rotatable bonds is 3. The summed E-state index contributed by atoms with van der Waals surface area (Å²) in [4.78, 5) is 2.73. The van der Waals surface area contributed by atoms with Gasteiger partial charge in [0.15, 0.2) is 0 Å². The van der Waals surface area contributed by atoms with Crippen molar-refractivity contribution in [3.63, 3.8) is 0 Å². The Morgan fingerprint density at radius 2 is 2.00 bits per heavy atom. The molecule has 2 nitrogen and oxygen atoms in total. The van der Waals surface area contributed by atoms with Gasteiger partial charge in [-0.05, 0) is 37.3 Å². The molecule has 18 heavy (non-hydrogen) atoms. The van der Waals surface area contributed by atoms with E-state index in [1.807, 2.05) is 0 Å². The van der Waals surface area contributed by atoms with Crippen molar-refractivity contribution in [1.29, 1.82) is 0 Å².